The van der Waals surface area contributed by atoms with Gasteiger partial charge in [0.25, 0.3) is 0 Å². The van der Waals surface area contributed by atoms with E-state index in [0.29, 0.717) is 19.4 Å². The number of nitrogens with zero attached hydrogens (tertiary/aromatic N) is 1. The summed E-state index contributed by atoms with van der Waals surface area (Å²) >= 11 is 0. The molecule has 0 fully saturated rings. The molecule has 0 heterocycles. The van der Waals surface area contributed by atoms with Crippen LogP contribution in [-0.2, 0) is 11.2 Å². The molecule has 0 saturated carbocycles. The molecule has 0 spiro atoms. The van der Waals surface area contributed by atoms with Crippen molar-refractivity contribution in [2.45, 2.75) is 32.7 Å². The molecule has 1 aromatic rings. The molecular weight excluding hydrogens is 230 g/mol. The number of phenolic OH excluding ortho intramolecular Hbond substituents is 1. The van der Waals surface area contributed by atoms with Gasteiger partial charge >= 0.3 is 0 Å². The molecule has 1 amide bonds. The van der Waals surface area contributed by atoms with Gasteiger partial charge in [-0.3, -0.25) is 4.79 Å². The molecule has 0 unspecified atom stereocenters. The van der Waals surface area contributed by atoms with Gasteiger partial charge in [0.1, 0.15) is 5.75 Å². The number of rotatable bonds is 6. The van der Waals surface area contributed by atoms with Crippen molar-refractivity contribution in [2.24, 2.45) is 0 Å². The molecule has 0 aliphatic heterocycles. The summed E-state index contributed by atoms with van der Waals surface area (Å²) in [5.74, 6) is 0.228. The summed E-state index contributed by atoms with van der Waals surface area (Å²) in [6, 6.07) is 7.11. The number of aliphatic hydroxyl groups excluding tert-OH is 1. The zero-order valence-corrected chi connectivity index (χ0v) is 11.0. The van der Waals surface area contributed by atoms with Gasteiger partial charge < -0.3 is 15.1 Å². The van der Waals surface area contributed by atoms with Crippen LogP contribution in [0.1, 0.15) is 25.8 Å². The van der Waals surface area contributed by atoms with E-state index in [0.717, 1.165) is 5.56 Å². The molecule has 2 N–H and O–H groups in total. The van der Waals surface area contributed by atoms with E-state index < -0.39 is 0 Å². The number of aromatic hydroxyl groups is 1. The SMILES string of the molecule is CC(C)N(CCO)C(=O)CCc1ccccc1O. The quantitative estimate of drug-likeness (QED) is 0.806. The molecule has 0 bridgehead atoms. The van der Waals surface area contributed by atoms with Crippen molar-refractivity contribution >= 4 is 5.91 Å². The van der Waals surface area contributed by atoms with E-state index in [2.05, 4.69) is 0 Å². The van der Waals surface area contributed by atoms with Crippen molar-refractivity contribution in [3.63, 3.8) is 0 Å². The predicted octanol–water partition coefficient (Wildman–Crippen LogP) is 1.55. The van der Waals surface area contributed by atoms with Gasteiger partial charge in [0.2, 0.25) is 5.91 Å². The second-order valence-corrected chi connectivity index (χ2v) is 4.53. The number of carbonyl (C=O) groups is 1. The average molecular weight is 251 g/mol. The summed E-state index contributed by atoms with van der Waals surface area (Å²) in [6.45, 7) is 4.18. The van der Waals surface area contributed by atoms with E-state index in [-0.39, 0.29) is 24.3 Å². The Labute approximate surface area is 108 Å². The topological polar surface area (TPSA) is 60.8 Å². The Balaban J connectivity index is 2.57. The first-order valence-corrected chi connectivity index (χ1v) is 6.23. The number of carbonyl (C=O) groups excluding carboxylic acids is 1. The van der Waals surface area contributed by atoms with Crippen molar-refractivity contribution in [1.82, 2.24) is 4.90 Å². The summed E-state index contributed by atoms with van der Waals surface area (Å²) in [5, 5.41) is 18.5. The van der Waals surface area contributed by atoms with Gasteiger partial charge in [-0.25, -0.2) is 0 Å². The van der Waals surface area contributed by atoms with E-state index in [9.17, 15) is 9.90 Å². The van der Waals surface area contributed by atoms with E-state index in [4.69, 9.17) is 5.11 Å². The lowest BCUT2D eigenvalue weighted by atomic mass is 10.1. The van der Waals surface area contributed by atoms with E-state index >= 15 is 0 Å². The molecule has 1 aromatic carbocycles. The van der Waals surface area contributed by atoms with Crippen LogP contribution in [0.5, 0.6) is 5.75 Å². The zero-order chi connectivity index (χ0) is 13.5. The minimum Gasteiger partial charge on any atom is -0.508 e. The molecule has 0 radical (unpaired) electrons. The van der Waals surface area contributed by atoms with Crippen LogP contribution in [0.2, 0.25) is 0 Å². The van der Waals surface area contributed by atoms with Gasteiger partial charge in [0.05, 0.1) is 6.61 Å². The van der Waals surface area contributed by atoms with E-state index in [1.807, 2.05) is 26.0 Å². The summed E-state index contributed by atoms with van der Waals surface area (Å²) < 4.78 is 0. The number of para-hydroxylation sites is 1. The fourth-order valence-electron chi connectivity index (χ4n) is 1.89. The molecule has 4 nitrogen and oxygen atoms in total. The molecule has 0 aliphatic carbocycles. The van der Waals surface area contributed by atoms with Crippen LogP contribution in [0.15, 0.2) is 24.3 Å². The van der Waals surface area contributed by atoms with Gasteiger partial charge in [0.15, 0.2) is 0 Å². The maximum absolute atomic E-state index is 12.0. The monoisotopic (exact) mass is 251 g/mol. The highest BCUT2D eigenvalue weighted by atomic mass is 16.3. The van der Waals surface area contributed by atoms with Crippen LogP contribution in [0, 0.1) is 0 Å². The first-order valence-electron chi connectivity index (χ1n) is 6.23. The number of benzene rings is 1. The van der Waals surface area contributed by atoms with Crippen molar-refractivity contribution in [1.29, 1.82) is 0 Å². The molecule has 0 saturated heterocycles. The molecular formula is C14H21NO3. The lowest BCUT2D eigenvalue weighted by Gasteiger charge is -2.26. The Hall–Kier alpha value is -1.55. The predicted molar refractivity (Wildman–Crippen MR) is 70.4 cm³/mol. The Morgan fingerprint density at radius 2 is 2.00 bits per heavy atom. The zero-order valence-electron chi connectivity index (χ0n) is 11.0. The van der Waals surface area contributed by atoms with Gasteiger partial charge in [-0.15, -0.1) is 0 Å². The smallest absolute Gasteiger partial charge is 0.223 e. The Morgan fingerprint density at radius 1 is 1.33 bits per heavy atom. The normalized spacial score (nSPS) is 10.7. The number of aryl methyl sites for hydroxylation is 1. The Morgan fingerprint density at radius 3 is 2.56 bits per heavy atom. The third-order valence-corrected chi connectivity index (χ3v) is 2.88. The van der Waals surface area contributed by atoms with E-state index in [1.54, 1.807) is 17.0 Å². The van der Waals surface area contributed by atoms with Crippen LogP contribution in [0.25, 0.3) is 0 Å². The number of phenols is 1. The second kappa shape index (κ2) is 7.01. The van der Waals surface area contributed by atoms with Crippen molar-refractivity contribution in [3.8, 4) is 5.75 Å². The minimum atomic E-state index is -0.0273. The molecule has 4 heteroatoms. The van der Waals surface area contributed by atoms with Crippen molar-refractivity contribution < 1.29 is 15.0 Å². The van der Waals surface area contributed by atoms with Crippen LogP contribution in [-0.4, -0.2) is 40.2 Å². The third kappa shape index (κ3) is 4.04. The first kappa shape index (κ1) is 14.5. The average Bonchev–Trinajstić information content (AvgIpc) is 2.34. The van der Waals surface area contributed by atoms with Gasteiger partial charge in [-0.2, -0.15) is 0 Å². The number of amides is 1. The van der Waals surface area contributed by atoms with Crippen LogP contribution >= 0.6 is 0 Å². The molecule has 0 atom stereocenters. The maximum Gasteiger partial charge on any atom is 0.223 e. The molecule has 18 heavy (non-hydrogen) atoms. The lowest BCUT2D eigenvalue weighted by Crippen LogP contribution is -2.39. The molecule has 100 valence electrons. The van der Waals surface area contributed by atoms with Gasteiger partial charge in [-0.05, 0) is 31.9 Å². The fourth-order valence-corrected chi connectivity index (χ4v) is 1.89. The van der Waals surface area contributed by atoms with Crippen molar-refractivity contribution in [2.75, 3.05) is 13.2 Å². The highest BCUT2D eigenvalue weighted by molar-refractivity contribution is 5.76. The summed E-state index contributed by atoms with van der Waals surface area (Å²) in [5.41, 5.74) is 0.776. The van der Waals surface area contributed by atoms with Crippen molar-refractivity contribution in [3.05, 3.63) is 29.8 Å². The number of hydrogen-bond donors (Lipinski definition) is 2. The Kier molecular flexibility index (Phi) is 5.65. The van der Waals surface area contributed by atoms with Crippen LogP contribution in [0.3, 0.4) is 0 Å². The second-order valence-electron chi connectivity index (χ2n) is 4.53. The largest absolute Gasteiger partial charge is 0.508 e. The van der Waals surface area contributed by atoms with E-state index in [1.165, 1.54) is 0 Å². The first-order chi connectivity index (χ1) is 8.56. The molecule has 0 aliphatic rings. The van der Waals surface area contributed by atoms with Gasteiger partial charge in [0, 0.05) is 19.0 Å². The van der Waals surface area contributed by atoms with Crippen LogP contribution in [0.4, 0.5) is 0 Å². The standard InChI is InChI=1S/C14H21NO3/c1-11(2)15(9-10-16)14(18)8-7-12-5-3-4-6-13(12)17/h3-6,11,16-17H,7-10H2,1-2H3. The number of aliphatic hydroxyl groups is 1. The number of hydrogen-bond acceptors (Lipinski definition) is 3. The lowest BCUT2D eigenvalue weighted by molar-refractivity contribution is -0.133. The Bertz CT molecular complexity index is 390. The highest BCUT2D eigenvalue weighted by Crippen LogP contribution is 2.17. The molecule has 0 aromatic heterocycles. The summed E-state index contributed by atoms with van der Waals surface area (Å²) in [6.07, 6.45) is 0.857. The highest BCUT2D eigenvalue weighted by Gasteiger charge is 2.16. The fraction of sp³-hybridized carbons (Fsp3) is 0.500. The third-order valence-electron chi connectivity index (χ3n) is 2.88. The maximum atomic E-state index is 12.0. The van der Waals surface area contributed by atoms with Gasteiger partial charge in [-0.1, -0.05) is 18.2 Å². The summed E-state index contributed by atoms with van der Waals surface area (Å²) in [7, 11) is 0. The summed E-state index contributed by atoms with van der Waals surface area (Å²) in [4.78, 5) is 13.6. The van der Waals surface area contributed by atoms with Crippen LogP contribution < -0.4 is 0 Å². The molecule has 1 rings (SSSR count). The minimum absolute atomic E-state index is 0.00213.